The number of nitrogens with one attached hydrogen (secondary N) is 1. The zero-order chi connectivity index (χ0) is 8.97. The molecule has 2 nitrogen and oxygen atoms in total. The minimum Gasteiger partial charge on any atom is -0.362 e. The van der Waals surface area contributed by atoms with Crippen molar-refractivity contribution in [3.05, 3.63) is 42.4 Å². The fourth-order valence-electron chi connectivity index (χ4n) is 0.819. The Kier molecular flexibility index (Phi) is 2.44. The molecule has 0 atom stereocenters. The second-order valence-electron chi connectivity index (χ2n) is 2.15. The van der Waals surface area contributed by atoms with Crippen LogP contribution in [0.4, 0.5) is 10.1 Å². The maximum Gasteiger partial charge on any atom is 0.141 e. The largest absolute Gasteiger partial charge is 0.362 e. The second kappa shape index (κ2) is 3.54. The first kappa shape index (κ1) is 8.28. The molecule has 0 saturated heterocycles. The Balaban J connectivity index is 3.07. The molecule has 0 aliphatic rings. The Morgan fingerprint density at radius 3 is 2.92 bits per heavy atom. The van der Waals surface area contributed by atoms with Crippen LogP contribution in [0, 0.1) is 17.1 Å². The lowest BCUT2D eigenvalue weighted by atomic mass is 10.2. The van der Waals surface area contributed by atoms with Gasteiger partial charge in [-0.25, -0.2) is 4.39 Å². The van der Waals surface area contributed by atoms with E-state index in [0.717, 1.165) is 0 Å². The van der Waals surface area contributed by atoms with E-state index in [-0.39, 0.29) is 5.56 Å². The van der Waals surface area contributed by atoms with Gasteiger partial charge in [0.25, 0.3) is 0 Å². The van der Waals surface area contributed by atoms with E-state index in [1.165, 1.54) is 24.4 Å². The molecule has 0 saturated carbocycles. The zero-order valence-corrected chi connectivity index (χ0v) is 6.34. The lowest BCUT2D eigenvalue weighted by Crippen LogP contribution is -1.89. The molecular weight excluding hydrogens is 155 g/mol. The van der Waals surface area contributed by atoms with Gasteiger partial charge in [-0.15, -0.1) is 0 Å². The van der Waals surface area contributed by atoms with Gasteiger partial charge in [-0.3, -0.25) is 0 Å². The van der Waals surface area contributed by atoms with Crippen LogP contribution in [-0.4, -0.2) is 0 Å². The van der Waals surface area contributed by atoms with Crippen LogP contribution in [0.25, 0.3) is 0 Å². The molecular formula is C9H7FN2. The normalized spacial score (nSPS) is 8.67. The number of rotatable bonds is 2. The standard InChI is InChI=1S/C9H7FN2/c1-2-12-8-3-4-9(10)7(5-8)6-11/h2-5,12H,1H2. The van der Waals surface area contributed by atoms with Gasteiger partial charge < -0.3 is 5.32 Å². The summed E-state index contributed by atoms with van der Waals surface area (Å²) in [6, 6.07) is 5.95. The summed E-state index contributed by atoms with van der Waals surface area (Å²) < 4.78 is 12.7. The van der Waals surface area contributed by atoms with Crippen molar-refractivity contribution in [3.8, 4) is 6.07 Å². The molecule has 12 heavy (non-hydrogen) atoms. The van der Waals surface area contributed by atoms with Gasteiger partial charge in [-0.05, 0) is 24.4 Å². The van der Waals surface area contributed by atoms with Crippen molar-refractivity contribution in [2.45, 2.75) is 0 Å². The van der Waals surface area contributed by atoms with Crippen molar-refractivity contribution in [1.29, 1.82) is 5.26 Å². The maximum absolute atomic E-state index is 12.7. The number of benzene rings is 1. The van der Waals surface area contributed by atoms with Crippen molar-refractivity contribution < 1.29 is 4.39 Å². The molecule has 0 fully saturated rings. The highest BCUT2D eigenvalue weighted by molar-refractivity contribution is 5.51. The summed E-state index contributed by atoms with van der Waals surface area (Å²) in [7, 11) is 0. The first-order valence-electron chi connectivity index (χ1n) is 3.35. The summed E-state index contributed by atoms with van der Waals surface area (Å²) in [5.41, 5.74) is 0.685. The van der Waals surface area contributed by atoms with E-state index in [1.807, 2.05) is 0 Å². The van der Waals surface area contributed by atoms with Gasteiger partial charge in [0.1, 0.15) is 11.9 Å². The highest BCUT2D eigenvalue weighted by atomic mass is 19.1. The quantitative estimate of drug-likeness (QED) is 0.723. The Bertz CT molecular complexity index is 339. The van der Waals surface area contributed by atoms with Crippen LogP contribution < -0.4 is 5.32 Å². The first-order chi connectivity index (χ1) is 5.77. The summed E-state index contributed by atoms with van der Waals surface area (Å²) in [5, 5.41) is 11.2. The SMILES string of the molecule is C=CNc1ccc(F)c(C#N)c1. The van der Waals surface area contributed by atoms with Crippen LogP contribution in [0.15, 0.2) is 31.0 Å². The summed E-state index contributed by atoms with van der Waals surface area (Å²) in [5.74, 6) is -0.507. The Labute approximate surface area is 69.9 Å². The number of anilines is 1. The molecule has 0 radical (unpaired) electrons. The Morgan fingerprint density at radius 2 is 2.33 bits per heavy atom. The van der Waals surface area contributed by atoms with Crippen molar-refractivity contribution in [3.63, 3.8) is 0 Å². The van der Waals surface area contributed by atoms with Gasteiger partial charge in [0, 0.05) is 5.69 Å². The van der Waals surface area contributed by atoms with Gasteiger partial charge in [0.15, 0.2) is 0 Å². The minimum absolute atomic E-state index is 0.0295. The summed E-state index contributed by atoms with van der Waals surface area (Å²) in [4.78, 5) is 0. The maximum atomic E-state index is 12.7. The monoisotopic (exact) mass is 162 g/mol. The van der Waals surface area contributed by atoms with E-state index in [2.05, 4.69) is 11.9 Å². The molecule has 0 bridgehead atoms. The van der Waals surface area contributed by atoms with Crippen molar-refractivity contribution in [1.82, 2.24) is 0 Å². The van der Waals surface area contributed by atoms with E-state index in [0.29, 0.717) is 5.69 Å². The predicted molar refractivity (Wildman–Crippen MR) is 44.9 cm³/mol. The lowest BCUT2D eigenvalue weighted by Gasteiger charge is -2.00. The molecule has 1 rings (SSSR count). The molecule has 0 aliphatic carbocycles. The zero-order valence-electron chi connectivity index (χ0n) is 6.34. The fraction of sp³-hybridized carbons (Fsp3) is 0. The third-order valence-electron chi connectivity index (χ3n) is 1.36. The molecule has 0 amide bonds. The van der Waals surface area contributed by atoms with Crippen LogP contribution in [0.2, 0.25) is 0 Å². The van der Waals surface area contributed by atoms with Gasteiger partial charge >= 0.3 is 0 Å². The number of hydrogen-bond acceptors (Lipinski definition) is 2. The third kappa shape index (κ3) is 1.61. The summed E-state index contributed by atoms with van der Waals surface area (Å²) >= 11 is 0. The molecule has 0 unspecified atom stereocenters. The predicted octanol–water partition coefficient (Wildman–Crippen LogP) is 2.25. The van der Waals surface area contributed by atoms with E-state index >= 15 is 0 Å². The molecule has 1 N–H and O–H groups in total. The van der Waals surface area contributed by atoms with E-state index in [4.69, 9.17) is 5.26 Å². The number of nitriles is 1. The number of nitrogens with zero attached hydrogens (tertiary/aromatic N) is 1. The van der Waals surface area contributed by atoms with Gasteiger partial charge in [-0.1, -0.05) is 6.58 Å². The minimum atomic E-state index is -0.507. The molecule has 1 aromatic rings. The highest BCUT2D eigenvalue weighted by Crippen LogP contribution is 2.13. The smallest absolute Gasteiger partial charge is 0.141 e. The Hall–Kier alpha value is -1.82. The van der Waals surface area contributed by atoms with Gasteiger partial charge in [-0.2, -0.15) is 5.26 Å². The highest BCUT2D eigenvalue weighted by Gasteiger charge is 2.00. The summed E-state index contributed by atoms with van der Waals surface area (Å²) in [6.07, 6.45) is 1.47. The lowest BCUT2D eigenvalue weighted by molar-refractivity contribution is 0.624. The third-order valence-corrected chi connectivity index (χ3v) is 1.36. The molecule has 0 spiro atoms. The first-order valence-corrected chi connectivity index (χ1v) is 3.35. The van der Waals surface area contributed by atoms with Crippen LogP contribution in [0.5, 0.6) is 0 Å². The van der Waals surface area contributed by atoms with Crippen molar-refractivity contribution >= 4 is 5.69 Å². The fourth-order valence-corrected chi connectivity index (χ4v) is 0.819. The van der Waals surface area contributed by atoms with Crippen LogP contribution >= 0.6 is 0 Å². The number of halogens is 1. The molecule has 0 heterocycles. The molecule has 0 aliphatic heterocycles. The second-order valence-corrected chi connectivity index (χ2v) is 2.15. The van der Waals surface area contributed by atoms with Gasteiger partial charge in [0.2, 0.25) is 0 Å². The topological polar surface area (TPSA) is 35.8 Å². The van der Waals surface area contributed by atoms with Crippen molar-refractivity contribution in [2.24, 2.45) is 0 Å². The van der Waals surface area contributed by atoms with E-state index in [1.54, 1.807) is 6.07 Å². The molecule has 60 valence electrons. The molecule has 3 heteroatoms. The van der Waals surface area contributed by atoms with E-state index in [9.17, 15) is 4.39 Å². The molecule has 0 aromatic heterocycles. The average Bonchev–Trinajstić information content (AvgIpc) is 2.09. The average molecular weight is 162 g/mol. The van der Waals surface area contributed by atoms with Crippen LogP contribution in [0.1, 0.15) is 5.56 Å². The van der Waals surface area contributed by atoms with E-state index < -0.39 is 5.82 Å². The van der Waals surface area contributed by atoms with Crippen LogP contribution in [-0.2, 0) is 0 Å². The van der Waals surface area contributed by atoms with Gasteiger partial charge in [0.05, 0.1) is 5.56 Å². The molecule has 1 aromatic carbocycles. The van der Waals surface area contributed by atoms with Crippen LogP contribution in [0.3, 0.4) is 0 Å². The Morgan fingerprint density at radius 1 is 1.58 bits per heavy atom. The van der Waals surface area contributed by atoms with Crippen molar-refractivity contribution in [2.75, 3.05) is 5.32 Å². The number of hydrogen-bond donors (Lipinski definition) is 1. The summed E-state index contributed by atoms with van der Waals surface area (Å²) in [6.45, 7) is 3.45.